The second-order valence-electron chi connectivity index (χ2n) is 1.18. The van der Waals surface area contributed by atoms with Crippen molar-refractivity contribution in [3.8, 4) is 0 Å². The van der Waals surface area contributed by atoms with Crippen LogP contribution in [0.1, 0.15) is 0 Å². The van der Waals surface area contributed by atoms with E-state index < -0.39 is 0 Å². The van der Waals surface area contributed by atoms with Gasteiger partial charge in [0.15, 0.2) is 0 Å². The summed E-state index contributed by atoms with van der Waals surface area (Å²) in [6.07, 6.45) is 5.76. The highest BCUT2D eigenvalue weighted by molar-refractivity contribution is 8.78. The fourth-order valence-corrected chi connectivity index (χ4v) is 1.39. The maximum absolute atomic E-state index is 6.63. The molecular weight excluding hydrogens is 164 g/mol. The third kappa shape index (κ3) is 7.52. The Balaban J connectivity index is 3.19. The molecule has 0 saturated heterocycles. The Morgan fingerprint density at radius 1 is 0.800 bits per heavy atom. The molecule has 0 rings (SSSR count). The Morgan fingerprint density at radius 3 is 1.50 bits per heavy atom. The zero-order chi connectivity index (χ0) is 7.66. The van der Waals surface area contributed by atoms with Crippen molar-refractivity contribution in [2.24, 2.45) is 0 Å². The van der Waals surface area contributed by atoms with E-state index in [4.69, 9.17) is 10.8 Å². The van der Waals surface area contributed by atoms with Gasteiger partial charge in [-0.15, -0.1) is 0 Å². The summed E-state index contributed by atoms with van der Waals surface area (Å²) >= 11 is 0. The lowest BCUT2D eigenvalue weighted by molar-refractivity contribution is 1.58. The van der Waals surface area contributed by atoms with Crippen LogP contribution in [0.25, 0.3) is 0 Å². The van der Waals surface area contributed by atoms with Crippen LogP contribution in [0.4, 0.5) is 0 Å². The lowest BCUT2D eigenvalue weighted by Gasteiger charge is -1.81. The molecule has 0 aromatic heterocycles. The van der Waals surface area contributed by atoms with Crippen LogP contribution in [-0.2, 0) is 0 Å². The van der Waals surface area contributed by atoms with Gasteiger partial charge in [-0.3, -0.25) is 0 Å². The summed E-state index contributed by atoms with van der Waals surface area (Å²) in [5, 5.41) is 16.9. The third-order valence-electron chi connectivity index (χ3n) is 0.516. The van der Waals surface area contributed by atoms with Crippen molar-refractivity contribution in [1.82, 2.24) is 0 Å². The quantitative estimate of drug-likeness (QED) is 0.380. The van der Waals surface area contributed by atoms with E-state index in [2.05, 4.69) is 0 Å². The molecule has 0 aliphatic heterocycles. The van der Waals surface area contributed by atoms with Crippen LogP contribution in [-0.4, -0.2) is 12.4 Å². The first-order valence-corrected chi connectivity index (χ1v) is 4.82. The zero-order valence-electron chi connectivity index (χ0n) is 5.28. The molecule has 54 valence electrons. The van der Waals surface area contributed by atoms with Gasteiger partial charge in [0.05, 0.1) is 0 Å². The van der Waals surface area contributed by atoms with E-state index in [1.807, 2.05) is 10.8 Å². The first-order chi connectivity index (χ1) is 4.91. The highest BCUT2D eigenvalue weighted by Gasteiger charge is 1.73. The summed E-state index contributed by atoms with van der Waals surface area (Å²) in [7, 11) is 3.02. The van der Waals surface area contributed by atoms with Crippen molar-refractivity contribution in [1.29, 1.82) is 10.8 Å². The third-order valence-corrected chi connectivity index (χ3v) is 2.16. The predicted octanol–water partition coefficient (Wildman–Crippen LogP) is 2.69. The van der Waals surface area contributed by atoms with Crippen molar-refractivity contribution in [3.63, 3.8) is 0 Å². The van der Waals surface area contributed by atoms with Crippen molar-refractivity contribution in [2.75, 3.05) is 0 Å². The Labute approximate surface area is 68.2 Å². The van der Waals surface area contributed by atoms with Crippen molar-refractivity contribution in [3.05, 3.63) is 23.0 Å². The van der Waals surface area contributed by atoms with Gasteiger partial charge < -0.3 is 10.8 Å². The Kier molecular flexibility index (Phi) is 8.11. The lowest BCUT2D eigenvalue weighted by Crippen LogP contribution is -1.52. The molecule has 10 heavy (non-hydrogen) atoms. The number of nitrogens with one attached hydrogen (secondary N) is 2. The van der Waals surface area contributed by atoms with Crippen molar-refractivity contribution in [2.45, 2.75) is 0 Å². The van der Waals surface area contributed by atoms with Crippen LogP contribution < -0.4 is 0 Å². The molecule has 0 saturated carbocycles. The van der Waals surface area contributed by atoms with Gasteiger partial charge in [-0.25, -0.2) is 0 Å². The molecule has 0 heterocycles. The average molecular weight is 172 g/mol. The highest BCUT2D eigenvalue weighted by atomic mass is 33.1. The number of hydrogen-bond acceptors (Lipinski definition) is 4. The summed E-state index contributed by atoms with van der Waals surface area (Å²) in [6, 6.07) is 0. The molecule has 0 unspecified atom stereocenters. The average Bonchev–Trinajstić information content (AvgIpc) is 1.97. The summed E-state index contributed by atoms with van der Waals surface area (Å²) in [5.41, 5.74) is 0. The van der Waals surface area contributed by atoms with Gasteiger partial charge in [-0.2, -0.15) is 0 Å². The molecule has 0 radical (unpaired) electrons. The van der Waals surface area contributed by atoms with E-state index in [0.29, 0.717) is 0 Å². The van der Waals surface area contributed by atoms with Crippen LogP contribution in [0.15, 0.2) is 23.0 Å². The fourth-order valence-electron chi connectivity index (χ4n) is 0.207. The van der Waals surface area contributed by atoms with E-state index in [0.717, 1.165) is 0 Å². The molecule has 0 bridgehead atoms. The molecule has 0 aliphatic carbocycles. The van der Waals surface area contributed by atoms with Gasteiger partial charge in [0.25, 0.3) is 0 Å². The topological polar surface area (TPSA) is 47.7 Å². The predicted molar refractivity (Wildman–Crippen MR) is 51.0 cm³/mol. The van der Waals surface area contributed by atoms with Gasteiger partial charge in [0.2, 0.25) is 0 Å². The van der Waals surface area contributed by atoms with Gasteiger partial charge in [0, 0.05) is 12.4 Å². The minimum absolute atomic E-state index is 1.23. The normalized spacial score (nSPS) is 10.8. The molecule has 0 fully saturated rings. The summed E-state index contributed by atoms with van der Waals surface area (Å²) < 4.78 is 0. The second-order valence-corrected chi connectivity index (χ2v) is 3.27. The van der Waals surface area contributed by atoms with Crippen LogP contribution >= 0.6 is 21.6 Å². The standard InChI is InChI=1S/C6H8N2S2/c7-3-1-5-9-10-6-2-4-8/h1-8H. The summed E-state index contributed by atoms with van der Waals surface area (Å²) in [4.78, 5) is 0. The van der Waals surface area contributed by atoms with Gasteiger partial charge in [-0.05, 0) is 23.0 Å². The van der Waals surface area contributed by atoms with Gasteiger partial charge in [-0.1, -0.05) is 21.6 Å². The Hall–Kier alpha value is -0.480. The van der Waals surface area contributed by atoms with Crippen LogP contribution in [0.2, 0.25) is 0 Å². The number of hydrogen-bond donors (Lipinski definition) is 2. The molecule has 2 N–H and O–H groups in total. The largest absolute Gasteiger partial charge is 0.309 e. The first-order valence-electron chi connectivity index (χ1n) is 2.55. The number of rotatable bonds is 5. The SMILES string of the molecule is N=CC=CSSC=CC=N. The zero-order valence-corrected chi connectivity index (χ0v) is 6.91. The minimum Gasteiger partial charge on any atom is -0.309 e. The maximum Gasteiger partial charge on any atom is 0.0183 e. The molecule has 4 heteroatoms. The molecule has 0 aromatic carbocycles. The summed E-state index contributed by atoms with van der Waals surface area (Å²) in [6.45, 7) is 0. The molecule has 0 aliphatic rings. The molecule has 2 nitrogen and oxygen atoms in total. The summed E-state index contributed by atoms with van der Waals surface area (Å²) in [5.74, 6) is 0. The maximum atomic E-state index is 6.63. The fraction of sp³-hybridized carbons (Fsp3) is 0. The van der Waals surface area contributed by atoms with E-state index in [-0.39, 0.29) is 0 Å². The van der Waals surface area contributed by atoms with Crippen LogP contribution in [0, 0.1) is 10.8 Å². The van der Waals surface area contributed by atoms with Gasteiger partial charge >= 0.3 is 0 Å². The Bertz CT molecular complexity index is 134. The van der Waals surface area contributed by atoms with Crippen LogP contribution in [0.5, 0.6) is 0 Å². The molecule has 0 atom stereocenters. The minimum atomic E-state index is 1.23. The molecule has 0 spiro atoms. The monoisotopic (exact) mass is 172 g/mol. The van der Waals surface area contributed by atoms with Gasteiger partial charge in [0.1, 0.15) is 0 Å². The molecular formula is C6H8N2S2. The number of allylic oxidation sites excluding steroid dienone is 2. The van der Waals surface area contributed by atoms with E-state index in [1.165, 1.54) is 34.0 Å². The Morgan fingerprint density at radius 2 is 1.20 bits per heavy atom. The highest BCUT2D eigenvalue weighted by Crippen LogP contribution is 2.22. The van der Waals surface area contributed by atoms with Crippen molar-refractivity contribution >= 4 is 34.0 Å². The van der Waals surface area contributed by atoms with Crippen molar-refractivity contribution < 1.29 is 0 Å². The second kappa shape index (κ2) is 8.52. The molecule has 0 aromatic rings. The van der Waals surface area contributed by atoms with E-state index in [9.17, 15) is 0 Å². The first kappa shape index (κ1) is 9.52. The smallest absolute Gasteiger partial charge is 0.0183 e. The lowest BCUT2D eigenvalue weighted by atomic mass is 10.7. The van der Waals surface area contributed by atoms with Crippen LogP contribution in [0.3, 0.4) is 0 Å². The van der Waals surface area contributed by atoms with E-state index >= 15 is 0 Å². The van der Waals surface area contributed by atoms with E-state index in [1.54, 1.807) is 12.2 Å². The molecule has 0 amide bonds.